The third-order valence-corrected chi connectivity index (χ3v) is 8.76. The predicted octanol–water partition coefficient (Wildman–Crippen LogP) is 7.83. The van der Waals surface area contributed by atoms with E-state index in [1.807, 2.05) is 53.2 Å². The highest BCUT2D eigenvalue weighted by molar-refractivity contribution is 7.07. The van der Waals surface area contributed by atoms with E-state index in [1.165, 1.54) is 18.4 Å². The maximum atomic E-state index is 13.4. The molecule has 6 rings (SSSR count). The van der Waals surface area contributed by atoms with Crippen LogP contribution in [0.5, 0.6) is 0 Å². The lowest BCUT2D eigenvalue weighted by atomic mass is 9.88. The van der Waals surface area contributed by atoms with Gasteiger partial charge in [-0.2, -0.15) is 11.3 Å². The number of carbonyl (C=O) groups excluding carboxylic acids is 1. The standard InChI is InChI=1S/C28H31ClN2O.C4H4S/c1-20-17-31(28(32)27-11-5-7-22-6-2-3-10-26(22)27)19-24(20)18-30-14-12-21(13-15-30)23-8-4-9-25(29)16-23;1-2-4-5-3-1/h2-11,16,20-21,24H,12-15,17-19H2,1H3;1-4H. The number of thiophene rings is 1. The Hall–Kier alpha value is -2.66. The van der Waals surface area contributed by atoms with Gasteiger partial charge in [0.15, 0.2) is 0 Å². The molecule has 0 saturated carbocycles. The van der Waals surface area contributed by atoms with Gasteiger partial charge in [0.25, 0.3) is 5.91 Å². The molecule has 0 bridgehead atoms. The van der Waals surface area contributed by atoms with Crippen molar-refractivity contribution in [2.75, 3.05) is 32.7 Å². The van der Waals surface area contributed by atoms with Gasteiger partial charge < -0.3 is 9.80 Å². The molecule has 1 amide bonds. The molecule has 0 aliphatic carbocycles. The van der Waals surface area contributed by atoms with E-state index in [9.17, 15) is 4.79 Å². The van der Waals surface area contributed by atoms with Crippen molar-refractivity contribution in [3.8, 4) is 0 Å². The van der Waals surface area contributed by atoms with Crippen LogP contribution in [0, 0.1) is 11.8 Å². The van der Waals surface area contributed by atoms with Crippen molar-refractivity contribution in [3.05, 3.63) is 106 Å². The van der Waals surface area contributed by atoms with Crippen molar-refractivity contribution in [2.24, 2.45) is 11.8 Å². The summed E-state index contributed by atoms with van der Waals surface area (Å²) in [7, 11) is 0. The molecule has 3 nitrogen and oxygen atoms in total. The monoisotopic (exact) mass is 530 g/mol. The molecule has 192 valence electrons. The molecular formula is C32H35ClN2OS. The zero-order chi connectivity index (χ0) is 25.6. The molecule has 3 aromatic carbocycles. The van der Waals surface area contributed by atoms with E-state index in [0.717, 1.165) is 54.1 Å². The number of fused-ring (bicyclic) bond motifs is 1. The molecule has 37 heavy (non-hydrogen) atoms. The van der Waals surface area contributed by atoms with Crippen LogP contribution in [0.2, 0.25) is 5.02 Å². The third kappa shape index (κ3) is 6.43. The summed E-state index contributed by atoms with van der Waals surface area (Å²) in [4.78, 5) is 18.1. The fourth-order valence-corrected chi connectivity index (χ4v) is 6.44. The number of amides is 1. The van der Waals surface area contributed by atoms with Crippen molar-refractivity contribution < 1.29 is 4.79 Å². The van der Waals surface area contributed by atoms with Crippen LogP contribution in [0.4, 0.5) is 0 Å². The van der Waals surface area contributed by atoms with E-state index in [1.54, 1.807) is 11.3 Å². The van der Waals surface area contributed by atoms with Gasteiger partial charge >= 0.3 is 0 Å². The van der Waals surface area contributed by atoms with Gasteiger partial charge in [-0.05, 0) is 89.0 Å². The first-order valence-electron chi connectivity index (χ1n) is 13.3. The Kier molecular flexibility index (Phi) is 8.60. The van der Waals surface area contributed by atoms with Crippen LogP contribution in [-0.2, 0) is 0 Å². The van der Waals surface area contributed by atoms with E-state index in [0.29, 0.717) is 17.8 Å². The minimum absolute atomic E-state index is 0.177. The molecule has 2 aliphatic rings. The van der Waals surface area contributed by atoms with Crippen LogP contribution < -0.4 is 0 Å². The average molecular weight is 531 g/mol. The first-order chi connectivity index (χ1) is 18.1. The Labute approximate surface area is 229 Å². The van der Waals surface area contributed by atoms with Gasteiger partial charge in [-0.3, -0.25) is 4.79 Å². The zero-order valence-electron chi connectivity index (χ0n) is 21.4. The second-order valence-electron chi connectivity index (χ2n) is 10.4. The Morgan fingerprint density at radius 3 is 2.38 bits per heavy atom. The first-order valence-corrected chi connectivity index (χ1v) is 14.6. The van der Waals surface area contributed by atoms with Gasteiger partial charge in [-0.1, -0.05) is 79.2 Å². The quantitative estimate of drug-likeness (QED) is 0.268. The number of piperidine rings is 1. The Balaban J connectivity index is 0.000000503. The Morgan fingerprint density at radius 2 is 1.65 bits per heavy atom. The van der Waals surface area contributed by atoms with Crippen LogP contribution in [0.25, 0.3) is 10.8 Å². The summed E-state index contributed by atoms with van der Waals surface area (Å²) in [6, 6.07) is 26.6. The first kappa shape index (κ1) is 26.0. The topological polar surface area (TPSA) is 23.6 Å². The lowest BCUT2D eigenvalue weighted by Gasteiger charge is -2.34. The van der Waals surface area contributed by atoms with Crippen LogP contribution in [0.15, 0.2) is 89.6 Å². The second kappa shape index (κ2) is 12.3. The number of hydrogen-bond acceptors (Lipinski definition) is 3. The number of halogens is 1. The highest BCUT2D eigenvalue weighted by Gasteiger charge is 2.35. The lowest BCUT2D eigenvalue weighted by Crippen LogP contribution is -2.38. The molecule has 2 fully saturated rings. The van der Waals surface area contributed by atoms with E-state index in [2.05, 4.69) is 53.1 Å². The lowest BCUT2D eigenvalue weighted by molar-refractivity contribution is 0.0782. The molecule has 1 aromatic heterocycles. The van der Waals surface area contributed by atoms with Crippen molar-refractivity contribution >= 4 is 39.6 Å². The fraction of sp³-hybridized carbons (Fsp3) is 0.344. The molecule has 3 heterocycles. The van der Waals surface area contributed by atoms with Crippen LogP contribution in [0.1, 0.15) is 41.6 Å². The molecule has 0 radical (unpaired) electrons. The summed E-state index contributed by atoms with van der Waals surface area (Å²) in [6.07, 6.45) is 2.36. The smallest absolute Gasteiger partial charge is 0.254 e. The van der Waals surface area contributed by atoms with Gasteiger partial charge in [0.05, 0.1) is 0 Å². The van der Waals surface area contributed by atoms with E-state index < -0.39 is 0 Å². The van der Waals surface area contributed by atoms with Gasteiger partial charge in [0, 0.05) is 30.2 Å². The summed E-state index contributed by atoms with van der Waals surface area (Å²) in [5.41, 5.74) is 2.21. The highest BCUT2D eigenvalue weighted by Crippen LogP contribution is 2.32. The van der Waals surface area contributed by atoms with E-state index in [4.69, 9.17) is 11.6 Å². The van der Waals surface area contributed by atoms with Crippen LogP contribution in [0.3, 0.4) is 0 Å². The molecule has 2 aliphatic heterocycles. The van der Waals surface area contributed by atoms with Crippen molar-refractivity contribution in [2.45, 2.75) is 25.7 Å². The number of benzene rings is 3. The molecule has 0 spiro atoms. The van der Waals surface area contributed by atoms with E-state index in [-0.39, 0.29) is 5.91 Å². The molecule has 5 heteroatoms. The minimum Gasteiger partial charge on any atom is -0.338 e. The SMILES string of the molecule is CC1CN(C(=O)c2cccc3ccccc23)CC1CN1CCC(c2cccc(Cl)c2)CC1.c1ccsc1. The molecule has 2 saturated heterocycles. The van der Waals surface area contributed by atoms with Crippen LogP contribution >= 0.6 is 22.9 Å². The number of carbonyl (C=O) groups is 1. The minimum atomic E-state index is 0.177. The molecule has 2 unspecified atom stereocenters. The van der Waals surface area contributed by atoms with Gasteiger partial charge in [-0.25, -0.2) is 0 Å². The summed E-state index contributed by atoms with van der Waals surface area (Å²) in [5, 5.41) is 7.10. The van der Waals surface area contributed by atoms with E-state index >= 15 is 0 Å². The van der Waals surface area contributed by atoms with Gasteiger partial charge in [0.1, 0.15) is 0 Å². The Bertz CT molecular complexity index is 1280. The molecular weight excluding hydrogens is 496 g/mol. The third-order valence-electron chi connectivity index (χ3n) is 7.90. The summed E-state index contributed by atoms with van der Waals surface area (Å²) in [6.45, 7) is 7.35. The number of hydrogen-bond donors (Lipinski definition) is 0. The zero-order valence-corrected chi connectivity index (χ0v) is 23.0. The maximum absolute atomic E-state index is 13.4. The predicted molar refractivity (Wildman–Crippen MR) is 157 cm³/mol. The second-order valence-corrected chi connectivity index (χ2v) is 11.7. The molecule has 2 atom stereocenters. The van der Waals surface area contributed by atoms with Crippen molar-refractivity contribution in [3.63, 3.8) is 0 Å². The largest absolute Gasteiger partial charge is 0.338 e. The summed E-state index contributed by atoms with van der Waals surface area (Å²) >= 11 is 7.91. The molecule has 4 aromatic rings. The highest BCUT2D eigenvalue weighted by atomic mass is 35.5. The van der Waals surface area contributed by atoms with Gasteiger partial charge in [-0.15, -0.1) is 0 Å². The van der Waals surface area contributed by atoms with Crippen molar-refractivity contribution in [1.29, 1.82) is 0 Å². The number of likely N-dealkylation sites (tertiary alicyclic amines) is 2. The normalized spacial score (nSPS) is 20.5. The summed E-state index contributed by atoms with van der Waals surface area (Å²) < 4.78 is 0. The van der Waals surface area contributed by atoms with Crippen LogP contribution in [-0.4, -0.2) is 48.4 Å². The summed E-state index contributed by atoms with van der Waals surface area (Å²) in [5.74, 6) is 1.85. The molecule has 0 N–H and O–H groups in total. The fourth-order valence-electron chi connectivity index (χ4n) is 5.79. The van der Waals surface area contributed by atoms with Crippen molar-refractivity contribution in [1.82, 2.24) is 9.80 Å². The Morgan fingerprint density at radius 1 is 0.919 bits per heavy atom. The number of rotatable bonds is 4. The average Bonchev–Trinajstić information content (AvgIpc) is 3.63. The number of nitrogens with zero attached hydrogens (tertiary/aromatic N) is 2. The maximum Gasteiger partial charge on any atom is 0.254 e. The van der Waals surface area contributed by atoms with Gasteiger partial charge in [0.2, 0.25) is 0 Å².